The number of nitrogens with zero attached hydrogens (tertiary/aromatic N) is 4. The van der Waals surface area contributed by atoms with Gasteiger partial charge in [0.05, 0.1) is 30.9 Å². The highest BCUT2D eigenvalue weighted by atomic mass is 16.5. The van der Waals surface area contributed by atoms with Crippen LogP contribution in [0.25, 0.3) is 16.9 Å². The van der Waals surface area contributed by atoms with Crippen LogP contribution < -0.4 is 5.32 Å². The molecule has 0 amide bonds. The van der Waals surface area contributed by atoms with E-state index in [2.05, 4.69) is 20.3 Å². The fraction of sp³-hybridized carbons (Fsp3) is 0.250. The van der Waals surface area contributed by atoms with Gasteiger partial charge >= 0.3 is 5.97 Å². The van der Waals surface area contributed by atoms with Crippen LogP contribution in [0.2, 0.25) is 0 Å². The molecule has 130 valence electrons. The number of aliphatic hydroxyl groups is 1. The number of aliphatic hydroxyl groups excluding tert-OH is 1. The number of aromatic nitrogens is 4. The molecule has 9 heteroatoms. The Morgan fingerprint density at radius 2 is 2.16 bits per heavy atom. The number of nitrogens with one attached hydrogen (secondary N) is 1. The molecule has 0 bridgehead atoms. The fourth-order valence-corrected chi connectivity index (χ4v) is 2.29. The maximum atomic E-state index is 11.2. The number of ether oxygens (including phenoxy) is 1. The van der Waals surface area contributed by atoms with E-state index in [9.17, 15) is 9.90 Å². The van der Waals surface area contributed by atoms with E-state index in [4.69, 9.17) is 9.84 Å². The van der Waals surface area contributed by atoms with Gasteiger partial charge in [-0.1, -0.05) is 0 Å². The molecule has 0 atom stereocenters. The lowest BCUT2D eigenvalue weighted by atomic mass is 10.1. The molecule has 0 fully saturated rings. The standard InChI is InChI=1S/C16H17N5O4/c22-6-8-25-7-4-18-14-12-9-11(15(23)24)1-2-13(12)19-16(20-14)21-5-3-17-10-21/h1-3,5,9-10,22H,4,6-8H2,(H,23,24)(H,18,19,20). The van der Waals surface area contributed by atoms with Crippen LogP contribution in [0.1, 0.15) is 10.4 Å². The molecule has 0 aliphatic carbocycles. The number of carboxylic acids is 1. The van der Waals surface area contributed by atoms with E-state index in [1.807, 2.05) is 0 Å². The zero-order valence-electron chi connectivity index (χ0n) is 13.3. The highest BCUT2D eigenvalue weighted by molar-refractivity contribution is 5.97. The van der Waals surface area contributed by atoms with E-state index in [0.717, 1.165) is 0 Å². The first-order valence-corrected chi connectivity index (χ1v) is 7.65. The fourth-order valence-electron chi connectivity index (χ4n) is 2.29. The molecule has 0 saturated carbocycles. The van der Waals surface area contributed by atoms with Crippen LogP contribution in [0.3, 0.4) is 0 Å². The zero-order valence-corrected chi connectivity index (χ0v) is 13.3. The average Bonchev–Trinajstić information content (AvgIpc) is 3.15. The van der Waals surface area contributed by atoms with Crippen molar-refractivity contribution in [3.05, 3.63) is 42.5 Å². The largest absolute Gasteiger partial charge is 0.478 e. The Hall–Kier alpha value is -3.04. The van der Waals surface area contributed by atoms with Crippen molar-refractivity contribution in [2.75, 3.05) is 31.7 Å². The Kier molecular flexibility index (Phi) is 5.17. The van der Waals surface area contributed by atoms with Crippen molar-refractivity contribution in [3.8, 4) is 5.95 Å². The van der Waals surface area contributed by atoms with Gasteiger partial charge in [-0.3, -0.25) is 4.57 Å². The molecule has 0 saturated heterocycles. The number of rotatable bonds is 8. The van der Waals surface area contributed by atoms with Gasteiger partial charge < -0.3 is 20.3 Å². The van der Waals surface area contributed by atoms with Gasteiger partial charge in [-0.25, -0.2) is 14.8 Å². The van der Waals surface area contributed by atoms with Gasteiger partial charge in [0.1, 0.15) is 12.1 Å². The number of carbonyl (C=O) groups is 1. The summed E-state index contributed by atoms with van der Waals surface area (Å²) in [5.74, 6) is -0.0888. The van der Waals surface area contributed by atoms with Crippen LogP contribution in [0.15, 0.2) is 36.9 Å². The number of hydrogen-bond acceptors (Lipinski definition) is 7. The van der Waals surface area contributed by atoms with Gasteiger partial charge in [-0.05, 0) is 18.2 Å². The first-order valence-electron chi connectivity index (χ1n) is 7.65. The number of anilines is 1. The van der Waals surface area contributed by atoms with Crippen molar-refractivity contribution in [2.24, 2.45) is 0 Å². The smallest absolute Gasteiger partial charge is 0.335 e. The van der Waals surface area contributed by atoms with Gasteiger partial charge in [0, 0.05) is 24.3 Å². The number of fused-ring (bicyclic) bond motifs is 1. The molecule has 2 heterocycles. The molecule has 9 nitrogen and oxygen atoms in total. The number of carboxylic acid groups (broad SMARTS) is 1. The summed E-state index contributed by atoms with van der Waals surface area (Å²) in [5, 5.41) is 21.6. The molecular weight excluding hydrogens is 326 g/mol. The molecular formula is C16H17N5O4. The van der Waals surface area contributed by atoms with Crippen molar-refractivity contribution in [2.45, 2.75) is 0 Å². The van der Waals surface area contributed by atoms with Gasteiger partial charge in [0.25, 0.3) is 0 Å². The third-order valence-electron chi connectivity index (χ3n) is 3.44. The summed E-state index contributed by atoms with van der Waals surface area (Å²) in [6.07, 6.45) is 4.93. The predicted octanol–water partition coefficient (Wildman–Crippen LogP) is 0.934. The second-order valence-corrected chi connectivity index (χ2v) is 5.14. The van der Waals surface area contributed by atoms with Crippen molar-refractivity contribution in [1.82, 2.24) is 19.5 Å². The van der Waals surface area contributed by atoms with Crippen LogP contribution in [0.5, 0.6) is 0 Å². The van der Waals surface area contributed by atoms with Crippen LogP contribution in [0.4, 0.5) is 5.82 Å². The van der Waals surface area contributed by atoms with E-state index in [-0.39, 0.29) is 18.8 Å². The quantitative estimate of drug-likeness (QED) is 0.516. The Bertz CT molecular complexity index is 866. The molecule has 0 aliphatic heterocycles. The van der Waals surface area contributed by atoms with Crippen LogP contribution in [-0.2, 0) is 4.74 Å². The lowest BCUT2D eigenvalue weighted by Crippen LogP contribution is -2.14. The molecule has 0 aliphatic rings. The predicted molar refractivity (Wildman–Crippen MR) is 90.0 cm³/mol. The first kappa shape index (κ1) is 16.8. The molecule has 0 radical (unpaired) electrons. The van der Waals surface area contributed by atoms with Crippen LogP contribution in [0, 0.1) is 0 Å². The average molecular weight is 343 g/mol. The molecule has 3 aromatic rings. The van der Waals surface area contributed by atoms with E-state index >= 15 is 0 Å². The molecule has 1 aromatic carbocycles. The minimum atomic E-state index is -1.02. The normalized spacial score (nSPS) is 10.9. The Balaban J connectivity index is 1.96. The Morgan fingerprint density at radius 1 is 1.28 bits per heavy atom. The second-order valence-electron chi connectivity index (χ2n) is 5.14. The minimum Gasteiger partial charge on any atom is -0.478 e. The first-order chi connectivity index (χ1) is 12.2. The molecule has 2 aromatic heterocycles. The van der Waals surface area contributed by atoms with E-state index < -0.39 is 5.97 Å². The van der Waals surface area contributed by atoms with Crippen molar-refractivity contribution >= 4 is 22.7 Å². The lowest BCUT2D eigenvalue weighted by molar-refractivity contribution is 0.0697. The number of hydrogen-bond donors (Lipinski definition) is 3. The summed E-state index contributed by atoms with van der Waals surface area (Å²) in [6.45, 7) is 1.05. The summed E-state index contributed by atoms with van der Waals surface area (Å²) in [7, 11) is 0. The Morgan fingerprint density at radius 3 is 2.88 bits per heavy atom. The molecule has 3 rings (SSSR count). The van der Waals surface area contributed by atoms with Gasteiger partial charge in [-0.15, -0.1) is 0 Å². The van der Waals surface area contributed by atoms with Crippen LogP contribution >= 0.6 is 0 Å². The van der Waals surface area contributed by atoms with Crippen molar-refractivity contribution in [3.63, 3.8) is 0 Å². The van der Waals surface area contributed by atoms with E-state index in [0.29, 0.717) is 35.8 Å². The van der Waals surface area contributed by atoms with Crippen molar-refractivity contribution < 1.29 is 19.7 Å². The summed E-state index contributed by atoms with van der Waals surface area (Å²) in [4.78, 5) is 24.1. The summed E-state index contributed by atoms with van der Waals surface area (Å²) >= 11 is 0. The summed E-state index contributed by atoms with van der Waals surface area (Å²) < 4.78 is 6.88. The highest BCUT2D eigenvalue weighted by Crippen LogP contribution is 2.23. The summed E-state index contributed by atoms with van der Waals surface area (Å²) in [6, 6.07) is 4.68. The monoisotopic (exact) mass is 343 g/mol. The molecule has 0 unspecified atom stereocenters. The second kappa shape index (κ2) is 7.69. The third kappa shape index (κ3) is 3.90. The maximum absolute atomic E-state index is 11.2. The van der Waals surface area contributed by atoms with E-state index in [1.54, 1.807) is 29.4 Å². The van der Waals surface area contributed by atoms with Crippen molar-refractivity contribution in [1.29, 1.82) is 0 Å². The lowest BCUT2D eigenvalue weighted by Gasteiger charge is -2.11. The number of imidazole rings is 1. The topological polar surface area (TPSA) is 122 Å². The molecule has 3 N–H and O–H groups in total. The number of benzene rings is 1. The number of aromatic carboxylic acids is 1. The van der Waals surface area contributed by atoms with Gasteiger partial charge in [0.2, 0.25) is 5.95 Å². The molecule has 0 spiro atoms. The minimum absolute atomic E-state index is 0.0385. The molecule has 25 heavy (non-hydrogen) atoms. The maximum Gasteiger partial charge on any atom is 0.335 e. The van der Waals surface area contributed by atoms with E-state index in [1.165, 1.54) is 12.1 Å². The van der Waals surface area contributed by atoms with Gasteiger partial charge in [0.15, 0.2) is 0 Å². The summed E-state index contributed by atoms with van der Waals surface area (Å²) in [5.41, 5.74) is 0.772. The highest BCUT2D eigenvalue weighted by Gasteiger charge is 2.12. The SMILES string of the molecule is O=C(O)c1ccc2nc(-n3ccnc3)nc(NCCOCCO)c2c1. The third-order valence-corrected chi connectivity index (χ3v) is 3.44. The Labute approximate surface area is 142 Å². The van der Waals surface area contributed by atoms with Crippen LogP contribution in [-0.4, -0.2) is 62.1 Å². The zero-order chi connectivity index (χ0) is 17.6. The van der Waals surface area contributed by atoms with Gasteiger partial charge in [-0.2, -0.15) is 4.98 Å².